The normalized spacial score (nSPS) is 10.2. The molecular weight excluding hydrogens is 259 g/mol. The van der Waals surface area contributed by atoms with Gasteiger partial charge in [-0.3, -0.25) is 4.79 Å². The molecule has 98 valence electrons. The number of carboxylic acids is 1. The van der Waals surface area contributed by atoms with E-state index in [-0.39, 0.29) is 23.1 Å². The number of ether oxygens (including phenoxy) is 1. The Morgan fingerprint density at radius 2 is 2.16 bits per heavy atom. The Balaban J connectivity index is 2.21. The summed E-state index contributed by atoms with van der Waals surface area (Å²) in [6, 6.07) is 3.31. The number of carboxylic acid groups (broad SMARTS) is 1. The maximum absolute atomic E-state index is 13.4. The number of amides is 1. The van der Waals surface area contributed by atoms with E-state index in [1.807, 2.05) is 0 Å². The molecule has 0 saturated heterocycles. The predicted octanol–water partition coefficient (Wildman–Crippen LogP) is 1.40. The number of aromatic nitrogens is 1. The molecule has 2 aromatic rings. The number of benzene rings is 1. The topological polar surface area (TPSA) is 116 Å². The number of primary amides is 1. The van der Waals surface area contributed by atoms with Crippen LogP contribution in [-0.4, -0.2) is 22.0 Å². The Kier molecular flexibility index (Phi) is 3.15. The maximum atomic E-state index is 13.4. The summed E-state index contributed by atoms with van der Waals surface area (Å²) in [5.41, 5.74) is 4.31. The highest BCUT2D eigenvalue weighted by Crippen LogP contribution is 2.22. The maximum Gasteiger partial charge on any atom is 0.399 e. The number of hydrogen-bond acceptors (Lipinski definition) is 5. The number of oxazole rings is 1. The lowest BCUT2D eigenvalue weighted by Crippen LogP contribution is -2.12. The van der Waals surface area contributed by atoms with Crippen molar-refractivity contribution in [1.82, 2.24) is 4.98 Å². The summed E-state index contributed by atoms with van der Waals surface area (Å²) in [7, 11) is 0. The number of carbonyl (C=O) groups excluding carboxylic acids is 1. The lowest BCUT2D eigenvalue weighted by atomic mass is 10.2. The molecule has 1 aromatic heterocycles. The highest BCUT2D eigenvalue weighted by atomic mass is 19.1. The summed E-state index contributed by atoms with van der Waals surface area (Å²) in [6.07, 6.45) is 0.523. The van der Waals surface area contributed by atoms with E-state index in [0.717, 1.165) is 18.4 Å². The van der Waals surface area contributed by atoms with Crippen molar-refractivity contribution in [2.75, 3.05) is 0 Å². The van der Waals surface area contributed by atoms with Gasteiger partial charge in [0.2, 0.25) is 0 Å². The van der Waals surface area contributed by atoms with E-state index >= 15 is 0 Å². The molecule has 1 aromatic carbocycles. The van der Waals surface area contributed by atoms with Crippen molar-refractivity contribution in [3.8, 4) is 11.8 Å². The van der Waals surface area contributed by atoms with E-state index in [9.17, 15) is 14.0 Å². The Hall–Kier alpha value is -2.90. The number of aromatic carboxylic acids is 1. The molecule has 7 nitrogen and oxygen atoms in total. The van der Waals surface area contributed by atoms with Crippen LogP contribution in [0.4, 0.5) is 4.39 Å². The first kappa shape index (κ1) is 12.6. The van der Waals surface area contributed by atoms with Gasteiger partial charge >= 0.3 is 12.0 Å². The van der Waals surface area contributed by atoms with Crippen molar-refractivity contribution >= 4 is 11.9 Å². The van der Waals surface area contributed by atoms with E-state index < -0.39 is 17.7 Å². The SMILES string of the molecule is NC(=O)c1ccc(Oc2nc(C(=O)O)co2)cc1F. The molecule has 0 aliphatic rings. The fraction of sp³-hybridized carbons (Fsp3) is 0. The number of nitrogens with two attached hydrogens (primary N) is 1. The molecule has 0 radical (unpaired) electrons. The van der Waals surface area contributed by atoms with Gasteiger partial charge in [0.25, 0.3) is 5.91 Å². The molecule has 0 spiro atoms. The number of carbonyl (C=O) groups is 2. The van der Waals surface area contributed by atoms with E-state index in [4.69, 9.17) is 20.0 Å². The minimum atomic E-state index is -1.28. The van der Waals surface area contributed by atoms with Crippen LogP contribution in [0.2, 0.25) is 0 Å². The summed E-state index contributed by atoms with van der Waals surface area (Å²) >= 11 is 0. The Labute approximate surface area is 105 Å². The van der Waals surface area contributed by atoms with Crippen molar-refractivity contribution in [1.29, 1.82) is 0 Å². The van der Waals surface area contributed by atoms with Crippen LogP contribution in [0, 0.1) is 5.82 Å². The van der Waals surface area contributed by atoms with E-state index in [1.54, 1.807) is 0 Å². The zero-order valence-corrected chi connectivity index (χ0v) is 9.29. The molecule has 2 rings (SSSR count). The minimum absolute atomic E-state index is 0.0127. The van der Waals surface area contributed by atoms with Crippen LogP contribution in [0.5, 0.6) is 11.8 Å². The summed E-state index contributed by atoms with van der Waals surface area (Å²) < 4.78 is 23.1. The predicted molar refractivity (Wildman–Crippen MR) is 58.5 cm³/mol. The molecule has 3 N–H and O–H groups in total. The number of rotatable bonds is 4. The third-order valence-electron chi connectivity index (χ3n) is 2.11. The average Bonchev–Trinajstić information content (AvgIpc) is 2.77. The summed E-state index contributed by atoms with van der Waals surface area (Å²) in [5, 5.41) is 8.62. The van der Waals surface area contributed by atoms with Crippen molar-refractivity contribution in [3.05, 3.63) is 41.5 Å². The van der Waals surface area contributed by atoms with Gasteiger partial charge in [0, 0.05) is 6.07 Å². The van der Waals surface area contributed by atoms with Gasteiger partial charge in [0.1, 0.15) is 17.8 Å². The third-order valence-corrected chi connectivity index (χ3v) is 2.11. The number of hydrogen-bond donors (Lipinski definition) is 2. The van der Waals surface area contributed by atoms with Crippen molar-refractivity contribution in [2.24, 2.45) is 5.73 Å². The molecule has 0 aliphatic carbocycles. The first-order valence-electron chi connectivity index (χ1n) is 4.93. The molecule has 0 bridgehead atoms. The second-order valence-electron chi connectivity index (χ2n) is 3.41. The van der Waals surface area contributed by atoms with E-state index in [1.165, 1.54) is 6.07 Å². The van der Waals surface area contributed by atoms with Gasteiger partial charge < -0.3 is 20.0 Å². The lowest BCUT2D eigenvalue weighted by Gasteiger charge is -2.02. The molecule has 0 unspecified atom stereocenters. The van der Waals surface area contributed by atoms with Crippen molar-refractivity contribution < 1.29 is 28.2 Å². The Morgan fingerprint density at radius 1 is 1.42 bits per heavy atom. The lowest BCUT2D eigenvalue weighted by molar-refractivity contribution is 0.0690. The second kappa shape index (κ2) is 4.77. The molecule has 8 heteroatoms. The van der Waals surface area contributed by atoms with Crippen LogP contribution in [0.25, 0.3) is 0 Å². The summed E-state index contributed by atoms with van der Waals surface area (Å²) in [5.74, 6) is -3.07. The molecule has 0 saturated carbocycles. The van der Waals surface area contributed by atoms with E-state index in [2.05, 4.69) is 4.98 Å². The molecule has 0 aliphatic heterocycles. The molecule has 1 amide bonds. The van der Waals surface area contributed by atoms with Crippen LogP contribution < -0.4 is 10.5 Å². The summed E-state index contributed by atoms with van der Waals surface area (Å²) in [4.78, 5) is 24.9. The Bertz CT molecular complexity index is 652. The smallest absolute Gasteiger partial charge is 0.399 e. The first-order valence-corrected chi connectivity index (χ1v) is 4.93. The van der Waals surface area contributed by atoms with Crippen molar-refractivity contribution in [2.45, 2.75) is 0 Å². The molecule has 0 fully saturated rings. The van der Waals surface area contributed by atoms with Crippen LogP contribution in [0.15, 0.2) is 28.9 Å². The standard InChI is InChI=1S/C11H7FN2O5/c12-7-3-5(1-2-6(7)9(13)15)19-11-14-8(4-18-11)10(16)17/h1-4H,(H2,13,15)(H,16,17). The van der Waals surface area contributed by atoms with Gasteiger partial charge in [0.15, 0.2) is 5.69 Å². The van der Waals surface area contributed by atoms with Gasteiger partial charge in [0.05, 0.1) is 5.56 Å². The van der Waals surface area contributed by atoms with Crippen molar-refractivity contribution in [3.63, 3.8) is 0 Å². The van der Waals surface area contributed by atoms with Gasteiger partial charge in [-0.2, -0.15) is 4.98 Å². The van der Waals surface area contributed by atoms with Gasteiger partial charge in [-0.1, -0.05) is 0 Å². The third kappa shape index (κ3) is 2.68. The zero-order chi connectivity index (χ0) is 14.0. The van der Waals surface area contributed by atoms with Gasteiger partial charge in [-0.15, -0.1) is 0 Å². The molecular formula is C11H7FN2O5. The number of nitrogens with zero attached hydrogens (tertiary/aromatic N) is 1. The molecule has 1 heterocycles. The van der Waals surface area contributed by atoms with E-state index in [0.29, 0.717) is 0 Å². The highest BCUT2D eigenvalue weighted by molar-refractivity contribution is 5.93. The number of halogens is 1. The highest BCUT2D eigenvalue weighted by Gasteiger charge is 2.14. The fourth-order valence-corrected chi connectivity index (χ4v) is 1.26. The van der Waals surface area contributed by atoms with Crippen LogP contribution >= 0.6 is 0 Å². The van der Waals surface area contributed by atoms with Gasteiger partial charge in [-0.25, -0.2) is 9.18 Å². The zero-order valence-electron chi connectivity index (χ0n) is 9.29. The molecule has 0 atom stereocenters. The van der Waals surface area contributed by atoms with Crippen LogP contribution in [0.1, 0.15) is 20.8 Å². The molecule has 19 heavy (non-hydrogen) atoms. The van der Waals surface area contributed by atoms with Crippen LogP contribution in [0.3, 0.4) is 0 Å². The quantitative estimate of drug-likeness (QED) is 0.864. The van der Waals surface area contributed by atoms with Gasteiger partial charge in [-0.05, 0) is 12.1 Å². The van der Waals surface area contributed by atoms with Crippen LogP contribution in [-0.2, 0) is 0 Å². The Morgan fingerprint density at radius 3 is 2.68 bits per heavy atom. The first-order chi connectivity index (χ1) is 8.97. The monoisotopic (exact) mass is 266 g/mol. The largest absolute Gasteiger partial charge is 0.476 e. The second-order valence-corrected chi connectivity index (χ2v) is 3.41. The average molecular weight is 266 g/mol. The summed E-state index contributed by atoms with van der Waals surface area (Å²) in [6.45, 7) is 0. The minimum Gasteiger partial charge on any atom is -0.476 e. The fourth-order valence-electron chi connectivity index (χ4n) is 1.26.